The Balaban J connectivity index is 1.43. The van der Waals surface area contributed by atoms with Crippen LogP contribution in [0.5, 0.6) is 0 Å². The van der Waals surface area contributed by atoms with Gasteiger partial charge in [0.15, 0.2) is 5.82 Å². The zero-order chi connectivity index (χ0) is 27.6. The van der Waals surface area contributed by atoms with Crippen LogP contribution >= 0.6 is 0 Å². The van der Waals surface area contributed by atoms with Gasteiger partial charge in [0.05, 0.1) is 22.1 Å². The third-order valence-corrected chi connectivity index (χ3v) is 8.25. The molecule has 4 heterocycles. The van der Waals surface area contributed by atoms with Crippen molar-refractivity contribution >= 4 is 54.4 Å². The van der Waals surface area contributed by atoms with Crippen molar-refractivity contribution in [1.29, 1.82) is 0 Å². The molecule has 42 heavy (non-hydrogen) atoms. The van der Waals surface area contributed by atoms with Gasteiger partial charge in [0.2, 0.25) is 0 Å². The van der Waals surface area contributed by atoms with Crippen molar-refractivity contribution in [3.05, 3.63) is 140 Å². The van der Waals surface area contributed by atoms with Crippen molar-refractivity contribution in [1.82, 2.24) is 24.1 Å². The van der Waals surface area contributed by atoms with Gasteiger partial charge >= 0.3 is 0 Å². The quantitative estimate of drug-likeness (QED) is 0.226. The number of rotatable bonds is 3. The Bertz CT molecular complexity index is 2450. The second kappa shape index (κ2) is 8.85. The number of para-hydroxylation sites is 3. The summed E-state index contributed by atoms with van der Waals surface area (Å²) >= 11 is 0. The van der Waals surface area contributed by atoms with Gasteiger partial charge in [-0.15, -0.1) is 0 Å². The van der Waals surface area contributed by atoms with E-state index in [9.17, 15) is 0 Å². The minimum atomic E-state index is 0.651. The Kier molecular flexibility index (Phi) is 4.83. The summed E-state index contributed by atoms with van der Waals surface area (Å²) in [4.78, 5) is 13.9. The first-order chi connectivity index (χ1) is 20.8. The van der Waals surface area contributed by atoms with Crippen molar-refractivity contribution in [2.75, 3.05) is 0 Å². The molecule has 0 aliphatic carbocycles. The van der Waals surface area contributed by atoms with E-state index in [1.165, 1.54) is 43.4 Å². The summed E-state index contributed by atoms with van der Waals surface area (Å²) in [5, 5.41) is 7.25. The molecule has 0 aliphatic rings. The molecule has 5 heteroatoms. The predicted molar refractivity (Wildman–Crippen MR) is 171 cm³/mol. The lowest BCUT2D eigenvalue weighted by molar-refractivity contribution is 1.04. The molecule has 0 radical (unpaired) electrons. The number of benzene rings is 5. The molecule has 0 saturated carbocycles. The molecule has 196 valence electrons. The van der Waals surface area contributed by atoms with E-state index in [-0.39, 0.29) is 0 Å². The van der Waals surface area contributed by atoms with Gasteiger partial charge in [-0.25, -0.2) is 9.97 Å². The lowest BCUT2D eigenvalue weighted by Crippen LogP contribution is -2.00. The molecule has 0 spiro atoms. The van der Waals surface area contributed by atoms with E-state index in [0.717, 1.165) is 28.1 Å². The first-order valence-electron chi connectivity index (χ1n) is 14.0. The minimum absolute atomic E-state index is 0.651. The van der Waals surface area contributed by atoms with Crippen molar-refractivity contribution in [3.63, 3.8) is 0 Å². The monoisotopic (exact) mass is 537 g/mol. The average Bonchev–Trinajstić information content (AvgIpc) is 3.57. The highest BCUT2D eigenvalue weighted by Crippen LogP contribution is 2.40. The lowest BCUT2D eigenvalue weighted by Gasteiger charge is -2.11. The third-order valence-electron chi connectivity index (χ3n) is 8.25. The molecule has 0 amide bonds. The fourth-order valence-electron chi connectivity index (χ4n) is 6.45. The first kappa shape index (κ1) is 22.9. The van der Waals surface area contributed by atoms with E-state index >= 15 is 0 Å². The summed E-state index contributed by atoms with van der Waals surface area (Å²) in [7, 11) is 0. The van der Waals surface area contributed by atoms with Gasteiger partial charge in [-0.3, -0.25) is 9.55 Å². The van der Waals surface area contributed by atoms with Crippen LogP contribution < -0.4 is 0 Å². The number of pyridine rings is 1. The summed E-state index contributed by atoms with van der Waals surface area (Å²) in [5.74, 6) is 1.48. The van der Waals surface area contributed by atoms with Crippen LogP contribution in [0.1, 0.15) is 0 Å². The maximum atomic E-state index is 5.06. The molecule has 4 aromatic heterocycles. The highest BCUT2D eigenvalue weighted by Gasteiger charge is 2.19. The van der Waals surface area contributed by atoms with E-state index < -0.39 is 0 Å². The number of fused-ring (bicyclic) bond motifs is 8. The van der Waals surface area contributed by atoms with E-state index in [1.54, 1.807) is 12.4 Å². The molecule has 5 aromatic carbocycles. The zero-order valence-electron chi connectivity index (χ0n) is 22.5. The molecule has 5 nitrogen and oxygen atoms in total. The first-order valence-corrected chi connectivity index (χ1v) is 14.0. The van der Waals surface area contributed by atoms with E-state index in [2.05, 4.69) is 122 Å². The Morgan fingerprint density at radius 2 is 1.26 bits per heavy atom. The van der Waals surface area contributed by atoms with Gasteiger partial charge in [0, 0.05) is 56.8 Å². The maximum absolute atomic E-state index is 5.06. The highest BCUT2D eigenvalue weighted by atomic mass is 15.1. The summed E-state index contributed by atoms with van der Waals surface area (Å²) in [6.07, 6.45) is 5.41. The Morgan fingerprint density at radius 1 is 0.500 bits per heavy atom. The number of aromatic nitrogens is 5. The SMILES string of the molecule is c1ccc(-n2c3ccccc3c3cc4ccc5c6ccccc6n(-c6ccnc(-c7cccnc7)n6)c5c4cc32)cc1. The van der Waals surface area contributed by atoms with E-state index in [4.69, 9.17) is 4.98 Å². The van der Waals surface area contributed by atoms with Gasteiger partial charge < -0.3 is 4.57 Å². The molecule has 0 fully saturated rings. The van der Waals surface area contributed by atoms with Gasteiger partial charge in [0.1, 0.15) is 5.82 Å². The topological polar surface area (TPSA) is 48.5 Å². The third kappa shape index (κ3) is 3.28. The summed E-state index contributed by atoms with van der Waals surface area (Å²) in [6, 6.07) is 43.0. The van der Waals surface area contributed by atoms with Crippen LogP contribution in [0.4, 0.5) is 0 Å². The van der Waals surface area contributed by atoms with Crippen LogP contribution in [0.2, 0.25) is 0 Å². The van der Waals surface area contributed by atoms with Crippen LogP contribution in [0.25, 0.3) is 77.3 Å². The lowest BCUT2D eigenvalue weighted by atomic mass is 10.0. The van der Waals surface area contributed by atoms with Crippen molar-refractivity contribution in [2.45, 2.75) is 0 Å². The van der Waals surface area contributed by atoms with E-state index in [0.29, 0.717) is 5.82 Å². The van der Waals surface area contributed by atoms with Crippen LogP contribution in [0.3, 0.4) is 0 Å². The van der Waals surface area contributed by atoms with E-state index in [1.807, 2.05) is 24.4 Å². The van der Waals surface area contributed by atoms with Crippen LogP contribution in [-0.4, -0.2) is 24.1 Å². The normalized spacial score (nSPS) is 11.8. The summed E-state index contributed by atoms with van der Waals surface area (Å²) in [6.45, 7) is 0. The van der Waals surface area contributed by atoms with Crippen molar-refractivity contribution in [3.8, 4) is 22.9 Å². The minimum Gasteiger partial charge on any atom is -0.309 e. The van der Waals surface area contributed by atoms with Crippen LogP contribution in [0, 0.1) is 0 Å². The molecule has 9 rings (SSSR count). The number of hydrogen-bond donors (Lipinski definition) is 0. The van der Waals surface area contributed by atoms with Gasteiger partial charge in [-0.05, 0) is 60.0 Å². The fourth-order valence-corrected chi connectivity index (χ4v) is 6.45. The smallest absolute Gasteiger partial charge is 0.163 e. The molecule has 0 atom stereocenters. The second-order valence-electron chi connectivity index (χ2n) is 10.6. The molecule has 0 aliphatic heterocycles. The second-order valence-corrected chi connectivity index (χ2v) is 10.6. The van der Waals surface area contributed by atoms with Crippen molar-refractivity contribution in [2.24, 2.45) is 0 Å². The largest absolute Gasteiger partial charge is 0.309 e. The summed E-state index contributed by atoms with van der Waals surface area (Å²) < 4.78 is 4.66. The standard InChI is InChI=1S/C37H23N5/c1-2-10-26(11-3-1)41-32-14-6-5-13-28(32)31-21-24-16-17-29-27-12-4-7-15-33(27)42(36(29)30(24)22-34(31)41)35-18-20-39-37(40-35)25-9-8-19-38-23-25/h1-23H. The highest BCUT2D eigenvalue weighted by molar-refractivity contribution is 6.22. The summed E-state index contributed by atoms with van der Waals surface area (Å²) in [5.41, 5.74) is 6.66. The van der Waals surface area contributed by atoms with Crippen molar-refractivity contribution < 1.29 is 0 Å². The Morgan fingerprint density at radius 3 is 2.07 bits per heavy atom. The molecular weight excluding hydrogens is 514 g/mol. The molecule has 9 aromatic rings. The molecular formula is C37H23N5. The molecule has 0 unspecified atom stereocenters. The number of hydrogen-bond acceptors (Lipinski definition) is 3. The molecule has 0 bridgehead atoms. The fraction of sp³-hybridized carbons (Fsp3) is 0. The van der Waals surface area contributed by atoms with Crippen LogP contribution in [-0.2, 0) is 0 Å². The predicted octanol–water partition coefficient (Wildman–Crippen LogP) is 8.89. The Hall–Kier alpha value is -5.81. The van der Waals surface area contributed by atoms with Gasteiger partial charge in [-0.2, -0.15) is 0 Å². The van der Waals surface area contributed by atoms with Crippen LogP contribution in [0.15, 0.2) is 140 Å². The number of nitrogens with zero attached hydrogens (tertiary/aromatic N) is 5. The Labute approximate surface area is 241 Å². The van der Waals surface area contributed by atoms with Gasteiger partial charge in [-0.1, -0.05) is 66.7 Å². The van der Waals surface area contributed by atoms with Gasteiger partial charge in [0.25, 0.3) is 0 Å². The average molecular weight is 538 g/mol. The zero-order valence-corrected chi connectivity index (χ0v) is 22.5. The maximum Gasteiger partial charge on any atom is 0.163 e. The molecule has 0 N–H and O–H groups in total. The molecule has 0 saturated heterocycles.